The second-order valence-electron chi connectivity index (χ2n) is 17.6. The van der Waals surface area contributed by atoms with E-state index in [0.29, 0.717) is 12.8 Å². The number of allylic oxidation sites excluding steroid dienone is 5. The van der Waals surface area contributed by atoms with Gasteiger partial charge in [0, 0.05) is 6.42 Å². The van der Waals surface area contributed by atoms with Gasteiger partial charge in [0.1, 0.15) is 6.10 Å². The minimum absolute atomic E-state index is 0.0296. The molecule has 0 bridgehead atoms. The minimum atomic E-state index is -0.809. The van der Waals surface area contributed by atoms with Crippen molar-refractivity contribution in [2.45, 2.75) is 283 Å². The van der Waals surface area contributed by atoms with Gasteiger partial charge in [-0.2, -0.15) is 0 Å². The molecular formula is C53H99NO5. The number of amides is 1. The third-order valence-corrected chi connectivity index (χ3v) is 11.7. The second-order valence-corrected chi connectivity index (χ2v) is 17.6. The number of hydrogen-bond acceptors (Lipinski definition) is 5. The summed E-state index contributed by atoms with van der Waals surface area (Å²) in [6.07, 6.45) is 55.2. The standard InChI is InChI=1S/C53H99NO5/c1-4-7-10-13-16-19-22-24-25-26-28-31-34-37-40-43-46-53(58)59-49(44-41-38-35-32-29-21-18-15-12-9-6-3)47-52(57)54-50(48-55)51(56)45-42-39-36-33-30-27-23-20-17-14-11-8-5-2/h25-26,32,35,41,44,49-51,55-56H,4-24,27-31,33-34,36-40,42-43,45-48H2,1-3H3,(H,54,57)/b26-25+,35-32-,44-41+. The van der Waals surface area contributed by atoms with Crippen molar-refractivity contribution >= 4 is 11.9 Å². The SMILES string of the molecule is CCCCCCCC/C=C\C/C=C/C(CC(=O)NC(CO)C(O)CCCCCCCCCCCCCCC)OC(=O)CCCCCCC/C=C/CCCCCCCCC. The number of aliphatic hydroxyl groups excluding tert-OH is 2. The van der Waals surface area contributed by atoms with Crippen LogP contribution in [0.25, 0.3) is 0 Å². The van der Waals surface area contributed by atoms with Crippen molar-refractivity contribution in [3.05, 3.63) is 36.5 Å². The molecule has 346 valence electrons. The lowest BCUT2D eigenvalue weighted by Crippen LogP contribution is -2.46. The third-order valence-electron chi connectivity index (χ3n) is 11.7. The summed E-state index contributed by atoms with van der Waals surface area (Å²) < 4.78 is 5.82. The molecule has 0 aromatic carbocycles. The van der Waals surface area contributed by atoms with Gasteiger partial charge in [-0.1, -0.05) is 225 Å². The predicted octanol–water partition coefficient (Wildman–Crippen LogP) is 15.3. The highest BCUT2D eigenvalue weighted by molar-refractivity contribution is 5.78. The van der Waals surface area contributed by atoms with Gasteiger partial charge in [-0.25, -0.2) is 0 Å². The van der Waals surface area contributed by atoms with Crippen molar-refractivity contribution in [1.29, 1.82) is 0 Å². The fraction of sp³-hybridized carbons (Fsp3) is 0.849. The quantitative estimate of drug-likeness (QED) is 0.0323. The summed E-state index contributed by atoms with van der Waals surface area (Å²) in [5, 5.41) is 23.7. The third kappa shape index (κ3) is 42.6. The smallest absolute Gasteiger partial charge is 0.306 e. The summed E-state index contributed by atoms with van der Waals surface area (Å²) >= 11 is 0. The molecule has 6 heteroatoms. The Kier molecular flexibility index (Phi) is 45.6. The highest BCUT2D eigenvalue weighted by atomic mass is 16.5. The van der Waals surface area contributed by atoms with Gasteiger partial charge in [-0.05, 0) is 63.9 Å². The first kappa shape index (κ1) is 57.1. The summed E-state index contributed by atoms with van der Waals surface area (Å²) in [5.41, 5.74) is 0. The number of unbranched alkanes of at least 4 members (excludes halogenated alkanes) is 30. The summed E-state index contributed by atoms with van der Waals surface area (Å²) in [6.45, 7) is 6.44. The molecule has 0 heterocycles. The van der Waals surface area contributed by atoms with E-state index in [1.807, 2.05) is 12.2 Å². The maximum absolute atomic E-state index is 13.1. The number of carbonyl (C=O) groups is 2. The van der Waals surface area contributed by atoms with Crippen LogP contribution in [0.5, 0.6) is 0 Å². The fourth-order valence-corrected chi connectivity index (χ4v) is 7.74. The number of ether oxygens (including phenoxy) is 1. The lowest BCUT2D eigenvalue weighted by Gasteiger charge is -2.23. The first-order valence-electron chi connectivity index (χ1n) is 25.7. The molecule has 0 aliphatic heterocycles. The molecule has 1 amide bonds. The molecule has 3 unspecified atom stereocenters. The minimum Gasteiger partial charge on any atom is -0.458 e. The molecule has 0 spiro atoms. The topological polar surface area (TPSA) is 95.9 Å². The number of rotatable bonds is 46. The Balaban J connectivity index is 4.60. The van der Waals surface area contributed by atoms with Crippen LogP contribution < -0.4 is 5.32 Å². The number of carbonyl (C=O) groups excluding carboxylic acids is 2. The summed E-state index contributed by atoms with van der Waals surface area (Å²) in [4.78, 5) is 26.0. The Bertz CT molecular complexity index is 977. The summed E-state index contributed by atoms with van der Waals surface area (Å²) in [5.74, 6) is -0.605. The van der Waals surface area contributed by atoms with Gasteiger partial charge in [-0.3, -0.25) is 9.59 Å². The zero-order valence-corrected chi connectivity index (χ0v) is 39.4. The molecule has 0 aliphatic carbocycles. The Morgan fingerprint density at radius 3 is 1.34 bits per heavy atom. The van der Waals surface area contributed by atoms with Crippen molar-refractivity contribution in [1.82, 2.24) is 5.32 Å². The van der Waals surface area contributed by atoms with Crippen LogP contribution >= 0.6 is 0 Å². The Morgan fingerprint density at radius 2 is 0.898 bits per heavy atom. The van der Waals surface area contributed by atoms with Gasteiger partial charge in [0.05, 0.1) is 25.2 Å². The molecule has 0 radical (unpaired) electrons. The monoisotopic (exact) mass is 830 g/mol. The molecular weight excluding hydrogens is 731 g/mol. The van der Waals surface area contributed by atoms with Crippen LogP contribution in [0.4, 0.5) is 0 Å². The Hall–Kier alpha value is -1.92. The molecule has 0 aromatic heterocycles. The van der Waals surface area contributed by atoms with Gasteiger partial charge >= 0.3 is 5.97 Å². The molecule has 0 fully saturated rings. The maximum Gasteiger partial charge on any atom is 0.306 e. The van der Waals surface area contributed by atoms with Gasteiger partial charge in [-0.15, -0.1) is 0 Å². The Morgan fingerprint density at radius 1 is 0.508 bits per heavy atom. The fourth-order valence-electron chi connectivity index (χ4n) is 7.74. The number of nitrogens with one attached hydrogen (secondary N) is 1. The van der Waals surface area contributed by atoms with Gasteiger partial charge in [0.2, 0.25) is 5.91 Å². The molecule has 0 aliphatic rings. The van der Waals surface area contributed by atoms with Crippen LogP contribution in [0.3, 0.4) is 0 Å². The van der Waals surface area contributed by atoms with E-state index >= 15 is 0 Å². The maximum atomic E-state index is 13.1. The lowest BCUT2D eigenvalue weighted by molar-refractivity contribution is -0.148. The van der Waals surface area contributed by atoms with Crippen LogP contribution in [-0.4, -0.2) is 46.9 Å². The van der Waals surface area contributed by atoms with E-state index in [-0.39, 0.29) is 24.9 Å². The van der Waals surface area contributed by atoms with Crippen molar-refractivity contribution in [3.63, 3.8) is 0 Å². The van der Waals surface area contributed by atoms with E-state index in [4.69, 9.17) is 4.74 Å². The first-order valence-corrected chi connectivity index (χ1v) is 25.7. The molecule has 6 nitrogen and oxygen atoms in total. The van der Waals surface area contributed by atoms with Crippen molar-refractivity contribution in [2.75, 3.05) is 6.61 Å². The predicted molar refractivity (Wildman–Crippen MR) is 255 cm³/mol. The number of esters is 1. The van der Waals surface area contributed by atoms with Crippen LogP contribution in [0.2, 0.25) is 0 Å². The van der Waals surface area contributed by atoms with Crippen molar-refractivity contribution < 1.29 is 24.5 Å². The largest absolute Gasteiger partial charge is 0.458 e. The zero-order chi connectivity index (χ0) is 43.1. The summed E-state index contributed by atoms with van der Waals surface area (Å²) in [7, 11) is 0. The van der Waals surface area contributed by atoms with Crippen molar-refractivity contribution in [3.8, 4) is 0 Å². The van der Waals surface area contributed by atoms with E-state index in [2.05, 4.69) is 50.4 Å². The van der Waals surface area contributed by atoms with E-state index in [1.165, 1.54) is 167 Å². The average Bonchev–Trinajstić information content (AvgIpc) is 3.23. The molecule has 59 heavy (non-hydrogen) atoms. The zero-order valence-electron chi connectivity index (χ0n) is 39.4. The van der Waals surface area contributed by atoms with E-state index in [1.54, 1.807) is 0 Å². The van der Waals surface area contributed by atoms with Gasteiger partial charge in [0.25, 0.3) is 0 Å². The van der Waals surface area contributed by atoms with Crippen LogP contribution in [0.1, 0.15) is 265 Å². The average molecular weight is 830 g/mol. The number of hydrogen-bond donors (Lipinski definition) is 3. The van der Waals surface area contributed by atoms with E-state index in [0.717, 1.165) is 57.8 Å². The van der Waals surface area contributed by atoms with Crippen molar-refractivity contribution in [2.24, 2.45) is 0 Å². The van der Waals surface area contributed by atoms with Crippen LogP contribution in [-0.2, 0) is 14.3 Å². The van der Waals surface area contributed by atoms with E-state index in [9.17, 15) is 19.8 Å². The van der Waals surface area contributed by atoms with Gasteiger partial charge < -0.3 is 20.3 Å². The molecule has 3 atom stereocenters. The highest BCUT2D eigenvalue weighted by Gasteiger charge is 2.23. The normalized spacial score (nSPS) is 13.5. The molecule has 0 rings (SSSR count). The number of aliphatic hydroxyl groups is 2. The second kappa shape index (κ2) is 47.1. The molecule has 0 saturated heterocycles. The first-order chi connectivity index (χ1) is 29.0. The van der Waals surface area contributed by atoms with Crippen LogP contribution in [0, 0.1) is 0 Å². The Labute approximate surface area is 366 Å². The molecule has 3 N–H and O–H groups in total. The summed E-state index contributed by atoms with van der Waals surface area (Å²) in [6, 6.07) is -0.731. The van der Waals surface area contributed by atoms with E-state index < -0.39 is 18.2 Å². The lowest BCUT2D eigenvalue weighted by atomic mass is 10.0. The molecule has 0 saturated carbocycles. The van der Waals surface area contributed by atoms with Gasteiger partial charge in [0.15, 0.2) is 0 Å². The molecule has 0 aromatic rings. The highest BCUT2D eigenvalue weighted by Crippen LogP contribution is 2.16. The van der Waals surface area contributed by atoms with Crippen LogP contribution in [0.15, 0.2) is 36.5 Å².